The largest absolute Gasteiger partial charge is 0.352 e. The Morgan fingerprint density at radius 2 is 1.97 bits per heavy atom. The number of aromatic nitrogens is 3. The van der Waals surface area contributed by atoms with Gasteiger partial charge in [0.1, 0.15) is 11.9 Å². The normalized spacial score (nSPS) is 20.2. The molecule has 0 bridgehead atoms. The fraction of sp³-hybridized carbons (Fsp3) is 0.357. The smallest absolute Gasteiger partial charge is 0.244 e. The van der Waals surface area contributed by atoms with Crippen molar-refractivity contribution in [3.05, 3.63) is 70.7 Å². The Hall–Kier alpha value is -3.85. The van der Waals surface area contributed by atoms with E-state index in [4.69, 9.17) is 0 Å². The van der Waals surface area contributed by atoms with E-state index >= 15 is 0 Å². The molecule has 0 spiro atoms. The summed E-state index contributed by atoms with van der Waals surface area (Å²) in [4.78, 5) is 34.0. The van der Waals surface area contributed by atoms with Crippen molar-refractivity contribution in [2.75, 3.05) is 27.2 Å². The molecule has 2 N–H and O–H groups in total. The number of rotatable bonds is 6. The number of nitrogens with zero attached hydrogens (tertiary/aromatic N) is 4. The van der Waals surface area contributed by atoms with Gasteiger partial charge in [0.15, 0.2) is 0 Å². The van der Waals surface area contributed by atoms with Crippen LogP contribution in [0, 0.1) is 11.7 Å². The number of pyridine rings is 1. The first-order chi connectivity index (χ1) is 17.9. The van der Waals surface area contributed by atoms with E-state index in [1.54, 1.807) is 44.7 Å². The predicted molar refractivity (Wildman–Crippen MR) is 139 cm³/mol. The van der Waals surface area contributed by atoms with Gasteiger partial charge < -0.3 is 10.2 Å². The molecule has 3 atom stereocenters. The van der Waals surface area contributed by atoms with Crippen LogP contribution in [0.5, 0.6) is 0 Å². The van der Waals surface area contributed by atoms with Crippen LogP contribution in [-0.4, -0.2) is 70.0 Å². The number of amides is 2. The van der Waals surface area contributed by atoms with Gasteiger partial charge in [0.25, 0.3) is 0 Å². The van der Waals surface area contributed by atoms with Crippen molar-refractivity contribution in [1.29, 1.82) is 0 Å². The van der Waals surface area contributed by atoms with Crippen LogP contribution in [0.1, 0.15) is 30.9 Å². The molecule has 3 aromatic rings. The van der Waals surface area contributed by atoms with Gasteiger partial charge in [0.05, 0.1) is 17.0 Å². The fourth-order valence-electron chi connectivity index (χ4n) is 5.21. The molecule has 2 aliphatic rings. The van der Waals surface area contributed by atoms with E-state index in [9.17, 15) is 14.0 Å². The molecule has 0 saturated carbocycles. The van der Waals surface area contributed by atoms with Gasteiger partial charge in [-0.15, -0.1) is 0 Å². The van der Waals surface area contributed by atoms with Crippen LogP contribution in [-0.2, 0) is 9.59 Å². The Bertz CT molecular complexity index is 1400. The molecular formula is C28H31FN6O2. The number of hydrogen-bond acceptors (Lipinski definition) is 5. The zero-order valence-electron chi connectivity index (χ0n) is 21.0. The molecule has 0 radical (unpaired) electrons. The summed E-state index contributed by atoms with van der Waals surface area (Å²) in [6.07, 6.45) is 9.60. The van der Waals surface area contributed by atoms with Crippen molar-refractivity contribution in [3.8, 4) is 11.3 Å². The Morgan fingerprint density at radius 3 is 2.73 bits per heavy atom. The number of fused-ring (bicyclic) bond motifs is 1. The molecule has 5 rings (SSSR count). The Labute approximate surface area is 214 Å². The summed E-state index contributed by atoms with van der Waals surface area (Å²) in [6.45, 7) is 1.13. The van der Waals surface area contributed by atoms with Crippen molar-refractivity contribution in [2.45, 2.75) is 31.3 Å². The van der Waals surface area contributed by atoms with Gasteiger partial charge in [-0.1, -0.05) is 30.4 Å². The Morgan fingerprint density at radius 1 is 1.19 bits per heavy atom. The first-order valence-electron chi connectivity index (χ1n) is 12.6. The van der Waals surface area contributed by atoms with E-state index in [1.807, 2.05) is 29.2 Å². The third-order valence-corrected chi connectivity index (χ3v) is 7.11. The van der Waals surface area contributed by atoms with Gasteiger partial charge in [0, 0.05) is 55.4 Å². The summed E-state index contributed by atoms with van der Waals surface area (Å²) in [5.41, 5.74) is 2.09. The summed E-state index contributed by atoms with van der Waals surface area (Å²) in [5.74, 6) is -0.964. The minimum atomic E-state index is -0.734. The maximum atomic E-state index is 14.7. The van der Waals surface area contributed by atoms with Crippen LogP contribution in [0.2, 0.25) is 0 Å². The van der Waals surface area contributed by atoms with E-state index in [0.717, 1.165) is 34.7 Å². The van der Waals surface area contributed by atoms with Gasteiger partial charge in [-0.05, 0) is 44.0 Å². The molecule has 3 heterocycles. The molecular weight excluding hydrogens is 471 g/mol. The number of piperidine rings is 1. The lowest BCUT2D eigenvalue weighted by Crippen LogP contribution is -2.52. The van der Waals surface area contributed by atoms with Gasteiger partial charge in [0.2, 0.25) is 11.8 Å². The lowest BCUT2D eigenvalue weighted by atomic mass is 9.95. The van der Waals surface area contributed by atoms with Gasteiger partial charge in [-0.25, -0.2) is 4.39 Å². The number of carbonyl (C=O) groups is 2. The highest BCUT2D eigenvalue weighted by Gasteiger charge is 2.35. The summed E-state index contributed by atoms with van der Waals surface area (Å²) in [6, 6.07) is 9.34. The highest BCUT2D eigenvalue weighted by atomic mass is 19.1. The number of aromatic amines is 1. The van der Waals surface area contributed by atoms with Crippen molar-refractivity contribution in [3.63, 3.8) is 0 Å². The predicted octanol–water partition coefficient (Wildman–Crippen LogP) is 1.60. The molecule has 8 nitrogen and oxygen atoms in total. The zero-order valence-corrected chi connectivity index (χ0v) is 21.0. The maximum absolute atomic E-state index is 14.7. The first kappa shape index (κ1) is 24.8. The number of likely N-dealkylation sites (tertiary alicyclic amines) is 1. The second-order valence-electron chi connectivity index (χ2n) is 9.85. The van der Waals surface area contributed by atoms with Crippen LogP contribution in [0.15, 0.2) is 48.8 Å². The van der Waals surface area contributed by atoms with E-state index in [0.29, 0.717) is 25.1 Å². The topological polar surface area (TPSA) is 94.2 Å². The van der Waals surface area contributed by atoms with E-state index in [1.165, 1.54) is 11.0 Å². The van der Waals surface area contributed by atoms with Crippen LogP contribution in [0.3, 0.4) is 0 Å². The summed E-state index contributed by atoms with van der Waals surface area (Å²) < 4.78 is 14.7. The molecule has 2 amide bonds. The molecule has 9 heteroatoms. The number of likely N-dealkylation sites (N-methyl/N-ethyl adjacent to an activating group) is 1. The molecule has 37 heavy (non-hydrogen) atoms. The standard InChI is InChI=1S/C28H31FN6O2/c1-34(2)28(37)26(21-7-3-4-8-23(21)29)35-15-5-6-20(17-35)31-27(36)19-9-10-24-22(16-19)25(33-32-24)18-11-13-30-14-12-18/h3-4,7-8,10-14,16,19-20,26,32H,5-6,9,15,17H2,1-2H3,(H,31,36)/t19?,20-,26?/m1/s1. The lowest BCUT2D eigenvalue weighted by Gasteiger charge is -2.39. The highest BCUT2D eigenvalue weighted by Crippen LogP contribution is 2.28. The Balaban J connectivity index is 1.33. The summed E-state index contributed by atoms with van der Waals surface area (Å²) >= 11 is 0. The maximum Gasteiger partial charge on any atom is 0.244 e. The molecule has 192 valence electrons. The third-order valence-electron chi connectivity index (χ3n) is 7.11. The number of hydrogen-bond donors (Lipinski definition) is 2. The second-order valence-corrected chi connectivity index (χ2v) is 9.85. The summed E-state index contributed by atoms with van der Waals surface area (Å²) in [7, 11) is 3.36. The zero-order chi connectivity index (χ0) is 25.9. The molecule has 1 fully saturated rings. The van der Waals surface area contributed by atoms with E-state index in [2.05, 4.69) is 20.5 Å². The quantitative estimate of drug-likeness (QED) is 0.534. The molecule has 1 aliphatic heterocycles. The van der Waals surface area contributed by atoms with E-state index < -0.39 is 11.9 Å². The second kappa shape index (κ2) is 10.6. The number of halogens is 1. The first-order valence-corrected chi connectivity index (χ1v) is 12.6. The van der Waals surface area contributed by atoms with Crippen LogP contribution < -0.4 is 15.9 Å². The number of carbonyl (C=O) groups excluding carboxylic acids is 2. The van der Waals surface area contributed by atoms with Gasteiger partial charge in [-0.3, -0.25) is 24.6 Å². The SMILES string of the molecule is CN(C)C(=O)C(c1ccccc1F)N1CCC[C@@H](NC(=O)C2C=c3c(-c4ccncc4)n[nH]c3=CC2)C1. The molecule has 2 aromatic heterocycles. The average molecular weight is 503 g/mol. The molecule has 1 aromatic carbocycles. The fourth-order valence-corrected chi connectivity index (χ4v) is 5.21. The average Bonchev–Trinajstić information content (AvgIpc) is 3.34. The molecule has 2 unspecified atom stereocenters. The van der Waals surface area contributed by atoms with E-state index in [-0.39, 0.29) is 23.8 Å². The Kier molecular flexibility index (Phi) is 7.14. The minimum Gasteiger partial charge on any atom is -0.352 e. The van der Waals surface area contributed by atoms with Crippen LogP contribution >= 0.6 is 0 Å². The number of nitrogens with one attached hydrogen (secondary N) is 2. The minimum absolute atomic E-state index is 0.0583. The van der Waals surface area contributed by atoms with Gasteiger partial charge >= 0.3 is 0 Å². The van der Waals surface area contributed by atoms with Crippen molar-refractivity contribution in [2.24, 2.45) is 5.92 Å². The van der Waals surface area contributed by atoms with Crippen molar-refractivity contribution < 1.29 is 14.0 Å². The van der Waals surface area contributed by atoms with Crippen molar-refractivity contribution >= 4 is 24.0 Å². The number of H-pyrrole nitrogens is 1. The lowest BCUT2D eigenvalue weighted by molar-refractivity contribution is -0.135. The monoisotopic (exact) mass is 502 g/mol. The third kappa shape index (κ3) is 5.17. The van der Waals surface area contributed by atoms with Crippen LogP contribution in [0.4, 0.5) is 4.39 Å². The molecule has 1 aliphatic carbocycles. The highest BCUT2D eigenvalue weighted by molar-refractivity contribution is 5.86. The summed E-state index contributed by atoms with van der Waals surface area (Å²) in [5, 5.41) is 12.5. The molecule has 1 saturated heterocycles. The van der Waals surface area contributed by atoms with Gasteiger partial charge in [-0.2, -0.15) is 5.10 Å². The van der Waals surface area contributed by atoms with Crippen molar-refractivity contribution in [1.82, 2.24) is 30.3 Å². The van der Waals surface area contributed by atoms with Crippen LogP contribution in [0.25, 0.3) is 23.4 Å². The number of benzene rings is 1.